The van der Waals surface area contributed by atoms with Crippen molar-refractivity contribution in [3.63, 3.8) is 0 Å². The number of aliphatic hydroxyl groups is 1. The largest absolute Gasteiger partial charge is 0.388 e. The summed E-state index contributed by atoms with van der Waals surface area (Å²) in [5.41, 5.74) is 1.45. The van der Waals surface area contributed by atoms with Gasteiger partial charge in [0.2, 0.25) is 0 Å². The first-order valence-corrected chi connectivity index (χ1v) is 8.45. The van der Waals surface area contributed by atoms with E-state index in [0.717, 1.165) is 43.7 Å². The maximum atomic E-state index is 12.7. The lowest BCUT2D eigenvalue weighted by Crippen LogP contribution is -2.48. The van der Waals surface area contributed by atoms with Crippen LogP contribution in [0.4, 0.5) is 0 Å². The molecule has 110 valence electrons. The van der Waals surface area contributed by atoms with Crippen molar-refractivity contribution >= 4 is 17.2 Å². The Hall–Kier alpha value is -0.870. The predicted octanol–water partition coefficient (Wildman–Crippen LogP) is 2.86. The van der Waals surface area contributed by atoms with Crippen LogP contribution in [0, 0.1) is 5.92 Å². The average molecular weight is 293 g/mol. The van der Waals surface area contributed by atoms with Crippen LogP contribution in [0.5, 0.6) is 0 Å². The van der Waals surface area contributed by atoms with E-state index in [1.807, 2.05) is 17.2 Å². The molecule has 2 heterocycles. The van der Waals surface area contributed by atoms with Crippen LogP contribution in [0.3, 0.4) is 0 Å². The first-order valence-electron chi connectivity index (χ1n) is 7.57. The SMILES string of the molecule is CC1CCc2c(C(=O)N3CCCC(C)(O)C3)csc2C1. The fraction of sp³-hybridized carbons (Fsp3) is 0.688. The minimum Gasteiger partial charge on any atom is -0.388 e. The summed E-state index contributed by atoms with van der Waals surface area (Å²) in [6.07, 6.45) is 5.01. The highest BCUT2D eigenvalue weighted by Crippen LogP contribution is 2.34. The summed E-state index contributed by atoms with van der Waals surface area (Å²) >= 11 is 1.74. The minimum atomic E-state index is -0.724. The maximum Gasteiger partial charge on any atom is 0.255 e. The van der Waals surface area contributed by atoms with E-state index in [4.69, 9.17) is 0 Å². The maximum absolute atomic E-state index is 12.7. The highest BCUT2D eigenvalue weighted by molar-refractivity contribution is 7.10. The van der Waals surface area contributed by atoms with Gasteiger partial charge in [0.25, 0.3) is 5.91 Å². The Balaban J connectivity index is 1.81. The van der Waals surface area contributed by atoms with Crippen molar-refractivity contribution in [3.05, 3.63) is 21.4 Å². The summed E-state index contributed by atoms with van der Waals surface area (Å²) in [6.45, 7) is 5.35. The van der Waals surface area contributed by atoms with E-state index in [0.29, 0.717) is 6.54 Å². The van der Waals surface area contributed by atoms with Crippen LogP contribution in [0.15, 0.2) is 5.38 Å². The Labute approximate surface area is 124 Å². The molecule has 2 atom stereocenters. The molecule has 2 unspecified atom stereocenters. The zero-order valence-corrected chi connectivity index (χ0v) is 13.1. The molecule has 0 radical (unpaired) electrons. The number of carbonyl (C=O) groups excluding carboxylic acids is 1. The van der Waals surface area contributed by atoms with Crippen LogP contribution in [0.1, 0.15) is 53.9 Å². The van der Waals surface area contributed by atoms with Gasteiger partial charge in [-0.3, -0.25) is 4.79 Å². The molecule has 4 heteroatoms. The van der Waals surface area contributed by atoms with Gasteiger partial charge in [0.05, 0.1) is 11.2 Å². The van der Waals surface area contributed by atoms with Gasteiger partial charge in [-0.05, 0) is 50.5 Å². The monoisotopic (exact) mass is 293 g/mol. The van der Waals surface area contributed by atoms with Gasteiger partial charge in [-0.15, -0.1) is 11.3 Å². The van der Waals surface area contributed by atoms with Crippen molar-refractivity contribution in [3.8, 4) is 0 Å². The zero-order chi connectivity index (χ0) is 14.3. The second kappa shape index (κ2) is 5.15. The van der Waals surface area contributed by atoms with E-state index >= 15 is 0 Å². The number of thiophene rings is 1. The smallest absolute Gasteiger partial charge is 0.255 e. The highest BCUT2D eigenvalue weighted by atomic mass is 32.1. The topological polar surface area (TPSA) is 40.5 Å². The number of amides is 1. The summed E-state index contributed by atoms with van der Waals surface area (Å²) in [5, 5.41) is 12.2. The van der Waals surface area contributed by atoms with Crippen molar-refractivity contribution < 1.29 is 9.90 Å². The number of nitrogens with zero attached hydrogens (tertiary/aromatic N) is 1. The molecule has 3 nitrogen and oxygen atoms in total. The fourth-order valence-electron chi connectivity index (χ4n) is 3.42. The molecule has 20 heavy (non-hydrogen) atoms. The Kier molecular flexibility index (Phi) is 3.63. The Morgan fingerprint density at radius 3 is 3.10 bits per heavy atom. The summed E-state index contributed by atoms with van der Waals surface area (Å²) in [7, 11) is 0. The van der Waals surface area contributed by atoms with Crippen molar-refractivity contribution in [1.29, 1.82) is 0 Å². The predicted molar refractivity (Wildman–Crippen MR) is 81.3 cm³/mol. The Morgan fingerprint density at radius 1 is 1.55 bits per heavy atom. The van der Waals surface area contributed by atoms with E-state index in [1.165, 1.54) is 16.9 Å². The fourth-order valence-corrected chi connectivity index (χ4v) is 4.66. The molecule has 0 aromatic carbocycles. The lowest BCUT2D eigenvalue weighted by molar-refractivity contribution is -0.0107. The van der Waals surface area contributed by atoms with Gasteiger partial charge in [-0.1, -0.05) is 6.92 Å². The zero-order valence-electron chi connectivity index (χ0n) is 12.3. The molecule has 2 aliphatic rings. The van der Waals surface area contributed by atoms with E-state index in [2.05, 4.69) is 6.92 Å². The number of carbonyl (C=O) groups is 1. The van der Waals surface area contributed by atoms with Crippen LogP contribution in [0.25, 0.3) is 0 Å². The van der Waals surface area contributed by atoms with Gasteiger partial charge < -0.3 is 10.0 Å². The molecule has 1 aromatic rings. The van der Waals surface area contributed by atoms with Crippen LogP contribution in [-0.4, -0.2) is 34.6 Å². The number of β-amino-alcohol motifs (C(OH)–C–C–N with tert-alkyl or cyclic N) is 1. The molecular formula is C16H23NO2S. The van der Waals surface area contributed by atoms with Crippen molar-refractivity contribution in [1.82, 2.24) is 4.90 Å². The molecular weight excluding hydrogens is 270 g/mol. The summed E-state index contributed by atoms with van der Waals surface area (Å²) in [5.74, 6) is 0.858. The third-order valence-electron chi connectivity index (χ3n) is 4.59. The van der Waals surface area contributed by atoms with E-state index in [9.17, 15) is 9.90 Å². The van der Waals surface area contributed by atoms with Gasteiger partial charge in [-0.2, -0.15) is 0 Å². The normalized spacial score (nSPS) is 30.1. The Morgan fingerprint density at radius 2 is 2.35 bits per heavy atom. The third-order valence-corrected chi connectivity index (χ3v) is 5.65. The summed E-state index contributed by atoms with van der Waals surface area (Å²) < 4.78 is 0. The van der Waals surface area contributed by atoms with E-state index in [-0.39, 0.29) is 5.91 Å². The van der Waals surface area contributed by atoms with Crippen molar-refractivity contribution in [2.24, 2.45) is 5.92 Å². The second-order valence-corrected chi connectivity index (χ2v) is 7.69. The molecule has 1 saturated heterocycles. The lowest BCUT2D eigenvalue weighted by Gasteiger charge is -2.37. The molecule has 1 aliphatic carbocycles. The van der Waals surface area contributed by atoms with Crippen LogP contribution in [0.2, 0.25) is 0 Å². The van der Waals surface area contributed by atoms with Gasteiger partial charge in [-0.25, -0.2) is 0 Å². The molecule has 0 bridgehead atoms. The molecule has 3 rings (SSSR count). The van der Waals surface area contributed by atoms with Gasteiger partial charge >= 0.3 is 0 Å². The molecule has 1 amide bonds. The molecule has 0 saturated carbocycles. The van der Waals surface area contributed by atoms with Crippen LogP contribution < -0.4 is 0 Å². The van der Waals surface area contributed by atoms with Crippen LogP contribution in [-0.2, 0) is 12.8 Å². The number of fused-ring (bicyclic) bond motifs is 1. The van der Waals surface area contributed by atoms with Crippen molar-refractivity contribution in [2.45, 2.75) is 51.6 Å². The Bertz CT molecular complexity index is 521. The second-order valence-electron chi connectivity index (χ2n) is 6.73. The molecule has 1 N–H and O–H groups in total. The molecule has 1 fully saturated rings. The third kappa shape index (κ3) is 2.63. The average Bonchev–Trinajstić information content (AvgIpc) is 2.79. The minimum absolute atomic E-state index is 0.122. The van der Waals surface area contributed by atoms with Crippen molar-refractivity contribution in [2.75, 3.05) is 13.1 Å². The number of likely N-dealkylation sites (tertiary alicyclic amines) is 1. The quantitative estimate of drug-likeness (QED) is 0.865. The molecule has 1 aromatic heterocycles. The number of rotatable bonds is 1. The molecule has 0 spiro atoms. The van der Waals surface area contributed by atoms with Gasteiger partial charge in [0, 0.05) is 23.3 Å². The molecule has 1 aliphatic heterocycles. The first kappa shape index (κ1) is 14.1. The van der Waals surface area contributed by atoms with Gasteiger partial charge in [0.15, 0.2) is 0 Å². The number of piperidine rings is 1. The van der Waals surface area contributed by atoms with Crippen LogP contribution >= 0.6 is 11.3 Å². The van der Waals surface area contributed by atoms with E-state index < -0.39 is 5.60 Å². The number of hydrogen-bond donors (Lipinski definition) is 1. The van der Waals surface area contributed by atoms with Gasteiger partial charge in [0.1, 0.15) is 0 Å². The highest BCUT2D eigenvalue weighted by Gasteiger charge is 2.33. The summed E-state index contributed by atoms with van der Waals surface area (Å²) in [4.78, 5) is 16.0. The number of hydrogen-bond acceptors (Lipinski definition) is 3. The standard InChI is InChI=1S/C16H23NO2S/c1-11-4-5-12-13(9-20-14(12)8-11)15(18)17-7-3-6-16(2,19)10-17/h9,11,19H,3-8,10H2,1-2H3. The first-order chi connectivity index (χ1) is 9.46. The summed E-state index contributed by atoms with van der Waals surface area (Å²) in [6, 6.07) is 0. The van der Waals surface area contributed by atoms with E-state index in [1.54, 1.807) is 11.3 Å². The lowest BCUT2D eigenvalue weighted by atomic mass is 9.88.